The molecule has 1 amide bonds. The van der Waals surface area contributed by atoms with Crippen LogP contribution in [-0.2, 0) is 0 Å². The lowest BCUT2D eigenvalue weighted by molar-refractivity contribution is 0.0983. The number of amides is 1. The van der Waals surface area contributed by atoms with Crippen molar-refractivity contribution in [2.45, 2.75) is 6.42 Å². The molecule has 2 aromatic carbocycles. The average molecular weight is 442 g/mol. The number of halogens is 3. The fourth-order valence-corrected chi connectivity index (χ4v) is 3.89. The second-order valence-corrected chi connectivity index (χ2v) is 7.55. The van der Waals surface area contributed by atoms with Crippen LogP contribution in [-0.4, -0.2) is 50.1 Å². The topological polar surface area (TPSA) is 45.7 Å². The molecule has 156 valence electrons. The second-order valence-electron chi connectivity index (χ2n) is 6.54. The number of hydrogen-bond acceptors (Lipinski definition) is 5. The maximum Gasteiger partial charge on any atom is 0.263 e. The minimum absolute atomic E-state index is 0. The lowest BCUT2D eigenvalue weighted by Crippen LogP contribution is -2.33. The van der Waals surface area contributed by atoms with Gasteiger partial charge in [-0.3, -0.25) is 9.69 Å². The summed E-state index contributed by atoms with van der Waals surface area (Å²) in [5.41, 5.74) is 0.451. The summed E-state index contributed by atoms with van der Waals surface area (Å²) >= 11 is 1.09. The van der Waals surface area contributed by atoms with Gasteiger partial charge in [-0.2, -0.15) is 0 Å². The fourth-order valence-electron chi connectivity index (χ4n) is 2.86. The van der Waals surface area contributed by atoms with E-state index in [0.29, 0.717) is 34.1 Å². The molecule has 0 radical (unpaired) electrons. The number of nitrogens with zero attached hydrogens (tertiary/aromatic N) is 3. The molecule has 0 N–H and O–H groups in total. The third kappa shape index (κ3) is 5.20. The predicted molar refractivity (Wildman–Crippen MR) is 115 cm³/mol. The molecule has 0 aliphatic carbocycles. The largest absolute Gasteiger partial charge is 0.496 e. The SMILES string of the molecule is COc1ccccc1C(=O)N(CCCN(C)C)c1nc2c(F)cc(F)cc2s1.Cl. The van der Waals surface area contributed by atoms with Gasteiger partial charge in [0.2, 0.25) is 0 Å². The van der Waals surface area contributed by atoms with Gasteiger partial charge in [0.25, 0.3) is 5.91 Å². The second kappa shape index (κ2) is 9.96. The van der Waals surface area contributed by atoms with Gasteiger partial charge in [-0.05, 0) is 45.3 Å². The number of para-hydroxylation sites is 1. The molecule has 0 aliphatic rings. The number of thiazole rings is 1. The summed E-state index contributed by atoms with van der Waals surface area (Å²) in [5.74, 6) is -1.26. The Labute approximate surface area is 178 Å². The third-order valence-electron chi connectivity index (χ3n) is 4.20. The van der Waals surface area contributed by atoms with Crippen LogP contribution < -0.4 is 9.64 Å². The van der Waals surface area contributed by atoms with Crippen LogP contribution in [0.15, 0.2) is 36.4 Å². The number of aromatic nitrogens is 1. The van der Waals surface area contributed by atoms with Crippen LogP contribution in [0, 0.1) is 11.6 Å². The van der Waals surface area contributed by atoms with Gasteiger partial charge in [-0.1, -0.05) is 23.5 Å². The molecule has 0 aliphatic heterocycles. The van der Waals surface area contributed by atoms with Crippen LogP contribution in [0.5, 0.6) is 5.75 Å². The fraction of sp³-hybridized carbons (Fsp3) is 0.300. The summed E-state index contributed by atoms with van der Waals surface area (Å²) in [5, 5.41) is 0.328. The lowest BCUT2D eigenvalue weighted by atomic mass is 10.1. The Morgan fingerprint density at radius 1 is 1.17 bits per heavy atom. The van der Waals surface area contributed by atoms with Gasteiger partial charge in [0.15, 0.2) is 10.9 Å². The molecular formula is C20H22ClF2N3O2S. The normalized spacial score (nSPS) is 10.8. The van der Waals surface area contributed by atoms with Gasteiger partial charge in [0.05, 0.1) is 17.4 Å². The summed E-state index contributed by atoms with van der Waals surface area (Å²) in [7, 11) is 5.39. The van der Waals surface area contributed by atoms with Crippen LogP contribution in [0.25, 0.3) is 10.2 Å². The van der Waals surface area contributed by atoms with E-state index in [0.717, 1.165) is 23.9 Å². The first-order chi connectivity index (χ1) is 13.4. The van der Waals surface area contributed by atoms with Gasteiger partial charge in [0, 0.05) is 12.6 Å². The van der Waals surface area contributed by atoms with Crippen molar-refractivity contribution in [3.63, 3.8) is 0 Å². The van der Waals surface area contributed by atoms with E-state index in [1.54, 1.807) is 24.3 Å². The maximum absolute atomic E-state index is 14.1. The zero-order chi connectivity index (χ0) is 20.3. The Kier molecular flexibility index (Phi) is 7.89. The Hall–Kier alpha value is -2.29. The highest BCUT2D eigenvalue weighted by atomic mass is 35.5. The summed E-state index contributed by atoms with van der Waals surface area (Å²) in [4.78, 5) is 21.1. The van der Waals surface area contributed by atoms with Crippen LogP contribution in [0.3, 0.4) is 0 Å². The number of anilines is 1. The van der Waals surface area contributed by atoms with Crippen LogP contribution >= 0.6 is 23.7 Å². The first-order valence-electron chi connectivity index (χ1n) is 8.76. The molecule has 0 spiro atoms. The van der Waals surface area contributed by atoms with E-state index in [2.05, 4.69) is 4.98 Å². The van der Waals surface area contributed by atoms with E-state index in [-0.39, 0.29) is 23.8 Å². The molecule has 3 aromatic rings. The maximum atomic E-state index is 14.1. The molecule has 9 heteroatoms. The van der Waals surface area contributed by atoms with E-state index >= 15 is 0 Å². The molecule has 3 rings (SSSR count). The molecule has 0 unspecified atom stereocenters. The minimum atomic E-state index is -0.740. The Balaban J connectivity index is 0.00000300. The Bertz CT molecular complexity index is 997. The summed E-state index contributed by atoms with van der Waals surface area (Å²) in [6.45, 7) is 1.16. The van der Waals surface area contributed by atoms with Crippen molar-refractivity contribution >= 4 is 45.0 Å². The summed E-state index contributed by atoms with van der Waals surface area (Å²) in [6.07, 6.45) is 0.695. The van der Waals surface area contributed by atoms with Gasteiger partial charge >= 0.3 is 0 Å². The number of benzene rings is 2. The predicted octanol–water partition coefficient (Wildman–Crippen LogP) is 4.60. The van der Waals surface area contributed by atoms with Crippen LogP contribution in [0.1, 0.15) is 16.8 Å². The number of fused-ring (bicyclic) bond motifs is 1. The van der Waals surface area contributed by atoms with E-state index in [1.807, 2.05) is 19.0 Å². The number of methoxy groups -OCH3 is 1. The van der Waals surface area contributed by atoms with Crippen molar-refractivity contribution in [3.8, 4) is 5.75 Å². The van der Waals surface area contributed by atoms with E-state index in [9.17, 15) is 13.6 Å². The molecule has 5 nitrogen and oxygen atoms in total. The summed E-state index contributed by atoms with van der Waals surface area (Å²) in [6, 6.07) is 8.94. The number of carbonyl (C=O) groups excluding carboxylic acids is 1. The highest BCUT2D eigenvalue weighted by Gasteiger charge is 2.24. The monoisotopic (exact) mass is 441 g/mol. The van der Waals surface area contributed by atoms with E-state index in [4.69, 9.17) is 4.74 Å². The number of ether oxygens (including phenoxy) is 1. The zero-order valence-corrected chi connectivity index (χ0v) is 17.9. The van der Waals surface area contributed by atoms with Crippen molar-refractivity contribution in [1.29, 1.82) is 0 Å². The van der Waals surface area contributed by atoms with Gasteiger partial charge in [0.1, 0.15) is 17.1 Å². The summed E-state index contributed by atoms with van der Waals surface area (Å²) < 4.78 is 33.3. The van der Waals surface area contributed by atoms with Crippen molar-refractivity contribution in [2.24, 2.45) is 0 Å². The minimum Gasteiger partial charge on any atom is -0.496 e. The van der Waals surface area contributed by atoms with Gasteiger partial charge in [-0.15, -0.1) is 12.4 Å². The molecule has 0 bridgehead atoms. The Morgan fingerprint density at radius 2 is 1.90 bits per heavy atom. The Morgan fingerprint density at radius 3 is 2.59 bits per heavy atom. The van der Waals surface area contributed by atoms with Crippen molar-refractivity contribution in [2.75, 3.05) is 39.2 Å². The van der Waals surface area contributed by atoms with Crippen LogP contribution in [0.4, 0.5) is 13.9 Å². The van der Waals surface area contributed by atoms with Crippen LogP contribution in [0.2, 0.25) is 0 Å². The van der Waals surface area contributed by atoms with E-state index in [1.165, 1.54) is 18.1 Å². The van der Waals surface area contributed by atoms with Gasteiger partial charge < -0.3 is 9.64 Å². The zero-order valence-electron chi connectivity index (χ0n) is 16.3. The molecule has 0 saturated heterocycles. The highest BCUT2D eigenvalue weighted by Crippen LogP contribution is 2.33. The smallest absolute Gasteiger partial charge is 0.263 e. The molecule has 1 aromatic heterocycles. The molecule has 0 fully saturated rings. The molecular weight excluding hydrogens is 420 g/mol. The molecule has 0 saturated carbocycles. The van der Waals surface area contributed by atoms with Crippen molar-refractivity contribution in [3.05, 3.63) is 53.6 Å². The first-order valence-corrected chi connectivity index (χ1v) is 9.57. The lowest BCUT2D eigenvalue weighted by Gasteiger charge is -2.22. The number of rotatable bonds is 7. The van der Waals surface area contributed by atoms with Gasteiger partial charge in [-0.25, -0.2) is 13.8 Å². The number of carbonyl (C=O) groups is 1. The highest BCUT2D eigenvalue weighted by molar-refractivity contribution is 7.22. The van der Waals surface area contributed by atoms with Crippen molar-refractivity contribution in [1.82, 2.24) is 9.88 Å². The van der Waals surface area contributed by atoms with E-state index < -0.39 is 11.6 Å². The molecule has 0 atom stereocenters. The van der Waals surface area contributed by atoms with Crippen molar-refractivity contribution < 1.29 is 18.3 Å². The molecule has 1 heterocycles. The number of hydrogen-bond donors (Lipinski definition) is 0. The molecule has 29 heavy (non-hydrogen) atoms. The first kappa shape index (κ1) is 23.0. The average Bonchev–Trinajstić information content (AvgIpc) is 3.08. The third-order valence-corrected chi connectivity index (χ3v) is 5.23. The standard InChI is InChI=1S/C20H21F2N3O2S.ClH/c1-24(2)9-6-10-25(19(26)14-7-4-5-8-16(14)27-3)20-23-18-15(22)11-13(21)12-17(18)28-20;/h4-5,7-8,11-12H,6,9-10H2,1-3H3;1H. The quantitative estimate of drug-likeness (QED) is 0.537.